The molecule has 1 unspecified atom stereocenters. The van der Waals surface area contributed by atoms with Gasteiger partial charge in [-0.1, -0.05) is 5.92 Å². The Balaban J connectivity index is 2.13. The Morgan fingerprint density at radius 3 is 2.50 bits per heavy atom. The van der Waals surface area contributed by atoms with Crippen LogP contribution in [-0.4, -0.2) is 43.4 Å². The topological polar surface area (TPSA) is 12.5 Å². The summed E-state index contributed by atoms with van der Waals surface area (Å²) in [6.07, 6.45) is -4.16. The molecule has 0 N–H and O–H groups in total. The second-order valence-corrected chi connectivity index (χ2v) is 4.37. The van der Waals surface area contributed by atoms with Crippen LogP contribution < -0.4 is 0 Å². The summed E-state index contributed by atoms with van der Waals surface area (Å²) in [5.74, 6) is 4.80. The second kappa shape index (κ2) is 3.94. The Morgan fingerprint density at radius 2 is 2.06 bits per heavy atom. The normalized spacial score (nSPS) is 32.0. The molecule has 16 heavy (non-hydrogen) atoms. The van der Waals surface area contributed by atoms with Crippen molar-refractivity contribution in [1.82, 2.24) is 4.90 Å². The molecule has 0 bridgehead atoms. The van der Waals surface area contributed by atoms with E-state index in [2.05, 4.69) is 11.8 Å². The van der Waals surface area contributed by atoms with Crippen LogP contribution in [0.1, 0.15) is 13.3 Å². The van der Waals surface area contributed by atoms with Crippen molar-refractivity contribution < 1.29 is 17.9 Å². The number of likely N-dealkylation sites (tertiary alicyclic amines) is 1. The lowest BCUT2D eigenvalue weighted by atomic mass is 9.87. The minimum Gasteiger partial charge on any atom is -0.378 e. The Morgan fingerprint density at radius 1 is 1.38 bits per heavy atom. The molecule has 0 aromatic rings. The van der Waals surface area contributed by atoms with Gasteiger partial charge in [-0.05, 0) is 13.3 Å². The highest BCUT2D eigenvalue weighted by molar-refractivity contribution is 5.18. The molecule has 0 radical (unpaired) electrons. The van der Waals surface area contributed by atoms with E-state index in [1.54, 1.807) is 0 Å². The molecule has 0 aromatic carbocycles. The average Bonchev–Trinajstić information content (AvgIpc) is 2.46. The van der Waals surface area contributed by atoms with Crippen molar-refractivity contribution in [2.75, 3.05) is 26.3 Å². The molecule has 0 amide bonds. The van der Waals surface area contributed by atoms with Crippen LogP contribution in [0.3, 0.4) is 0 Å². The summed E-state index contributed by atoms with van der Waals surface area (Å²) >= 11 is 0. The van der Waals surface area contributed by atoms with Crippen LogP contribution in [0.25, 0.3) is 0 Å². The number of rotatable bonds is 1. The SMILES string of the molecule is CC#CC1(C(F)(F)F)CCN(C2COC2)C1. The zero-order valence-corrected chi connectivity index (χ0v) is 9.10. The summed E-state index contributed by atoms with van der Waals surface area (Å²) in [4.78, 5) is 1.85. The number of ether oxygens (including phenoxy) is 1. The van der Waals surface area contributed by atoms with Gasteiger partial charge in [0.2, 0.25) is 0 Å². The fourth-order valence-corrected chi connectivity index (χ4v) is 2.23. The third-order valence-corrected chi connectivity index (χ3v) is 3.34. The van der Waals surface area contributed by atoms with E-state index in [1.807, 2.05) is 4.90 Å². The molecule has 2 aliphatic heterocycles. The van der Waals surface area contributed by atoms with Crippen LogP contribution in [0.15, 0.2) is 0 Å². The Labute approximate surface area is 92.7 Å². The predicted octanol–water partition coefficient (Wildman–Crippen LogP) is 1.66. The van der Waals surface area contributed by atoms with E-state index in [0.717, 1.165) is 0 Å². The van der Waals surface area contributed by atoms with Gasteiger partial charge in [-0.3, -0.25) is 4.90 Å². The highest BCUT2D eigenvalue weighted by Gasteiger charge is 2.58. The molecule has 2 nitrogen and oxygen atoms in total. The van der Waals surface area contributed by atoms with Crippen LogP contribution in [0.2, 0.25) is 0 Å². The first-order valence-electron chi connectivity index (χ1n) is 5.31. The minimum atomic E-state index is -4.24. The molecule has 0 aliphatic carbocycles. The summed E-state index contributed by atoms with van der Waals surface area (Å²) in [5.41, 5.74) is -1.82. The number of halogens is 3. The Bertz CT molecular complexity index is 326. The zero-order valence-electron chi connectivity index (χ0n) is 9.10. The van der Waals surface area contributed by atoms with Gasteiger partial charge < -0.3 is 4.74 Å². The maximum absolute atomic E-state index is 13.0. The van der Waals surface area contributed by atoms with Crippen LogP contribution >= 0.6 is 0 Å². The molecule has 0 saturated carbocycles. The highest BCUT2D eigenvalue weighted by atomic mass is 19.4. The van der Waals surface area contributed by atoms with E-state index in [0.29, 0.717) is 19.8 Å². The standard InChI is InChI=1S/C11H14F3NO/c1-2-3-10(11(12,13)14)4-5-15(8-10)9-6-16-7-9/h9H,4-8H2,1H3. The monoisotopic (exact) mass is 233 g/mol. The first-order valence-corrected chi connectivity index (χ1v) is 5.31. The van der Waals surface area contributed by atoms with Gasteiger partial charge in [0.05, 0.1) is 19.3 Å². The molecule has 90 valence electrons. The van der Waals surface area contributed by atoms with Gasteiger partial charge in [0.15, 0.2) is 0 Å². The molecule has 2 aliphatic rings. The van der Waals surface area contributed by atoms with E-state index < -0.39 is 11.6 Å². The number of nitrogens with zero attached hydrogens (tertiary/aromatic N) is 1. The van der Waals surface area contributed by atoms with Gasteiger partial charge >= 0.3 is 6.18 Å². The molecule has 0 aromatic heterocycles. The first kappa shape index (κ1) is 11.7. The number of hydrogen-bond acceptors (Lipinski definition) is 2. The molecular formula is C11H14F3NO. The van der Waals surface area contributed by atoms with Gasteiger partial charge in [0.1, 0.15) is 5.41 Å². The number of hydrogen-bond donors (Lipinski definition) is 0. The van der Waals surface area contributed by atoms with Gasteiger partial charge in [-0.25, -0.2) is 0 Å². The molecule has 2 fully saturated rings. The minimum absolute atomic E-state index is 0.00856. The smallest absolute Gasteiger partial charge is 0.378 e. The van der Waals surface area contributed by atoms with E-state index >= 15 is 0 Å². The van der Waals surface area contributed by atoms with E-state index in [1.165, 1.54) is 6.92 Å². The van der Waals surface area contributed by atoms with E-state index in [-0.39, 0.29) is 19.0 Å². The van der Waals surface area contributed by atoms with Crippen LogP contribution in [0.4, 0.5) is 13.2 Å². The lowest BCUT2D eigenvalue weighted by Crippen LogP contribution is -2.50. The molecular weight excluding hydrogens is 219 g/mol. The van der Waals surface area contributed by atoms with Crippen molar-refractivity contribution in [3.63, 3.8) is 0 Å². The van der Waals surface area contributed by atoms with Crippen LogP contribution in [-0.2, 0) is 4.74 Å². The van der Waals surface area contributed by atoms with E-state index in [9.17, 15) is 13.2 Å². The van der Waals surface area contributed by atoms with Gasteiger partial charge in [0.25, 0.3) is 0 Å². The lowest BCUT2D eigenvalue weighted by molar-refractivity contribution is -0.199. The van der Waals surface area contributed by atoms with Crippen molar-refractivity contribution in [3.8, 4) is 11.8 Å². The summed E-state index contributed by atoms with van der Waals surface area (Å²) in [6.45, 7) is 3.01. The fraction of sp³-hybridized carbons (Fsp3) is 0.818. The summed E-state index contributed by atoms with van der Waals surface area (Å²) in [7, 11) is 0. The third kappa shape index (κ3) is 1.80. The summed E-state index contributed by atoms with van der Waals surface area (Å²) < 4.78 is 44.0. The Hall–Kier alpha value is -0.730. The fourth-order valence-electron chi connectivity index (χ4n) is 2.23. The van der Waals surface area contributed by atoms with Gasteiger partial charge in [-0.15, -0.1) is 5.92 Å². The molecule has 2 saturated heterocycles. The van der Waals surface area contributed by atoms with Crippen LogP contribution in [0, 0.1) is 17.3 Å². The second-order valence-electron chi connectivity index (χ2n) is 4.37. The van der Waals surface area contributed by atoms with Crippen molar-refractivity contribution in [2.45, 2.75) is 25.6 Å². The molecule has 5 heteroatoms. The van der Waals surface area contributed by atoms with Crippen LogP contribution in [0.5, 0.6) is 0 Å². The molecule has 1 atom stereocenters. The summed E-state index contributed by atoms with van der Waals surface area (Å²) in [6, 6.07) is 0.155. The van der Waals surface area contributed by atoms with Crippen molar-refractivity contribution in [1.29, 1.82) is 0 Å². The molecule has 2 heterocycles. The lowest BCUT2D eigenvalue weighted by Gasteiger charge is -2.35. The van der Waals surface area contributed by atoms with E-state index in [4.69, 9.17) is 4.74 Å². The number of alkyl halides is 3. The first-order chi connectivity index (χ1) is 7.48. The Kier molecular flexibility index (Phi) is 2.89. The van der Waals surface area contributed by atoms with Crippen molar-refractivity contribution >= 4 is 0 Å². The molecule has 0 spiro atoms. The van der Waals surface area contributed by atoms with Crippen molar-refractivity contribution in [3.05, 3.63) is 0 Å². The van der Waals surface area contributed by atoms with Gasteiger partial charge in [0, 0.05) is 13.1 Å². The third-order valence-electron chi connectivity index (χ3n) is 3.34. The zero-order chi connectivity index (χ0) is 11.8. The predicted molar refractivity (Wildman–Crippen MR) is 52.7 cm³/mol. The maximum Gasteiger partial charge on any atom is 0.406 e. The summed E-state index contributed by atoms with van der Waals surface area (Å²) in [5, 5.41) is 0. The highest BCUT2D eigenvalue weighted by Crippen LogP contribution is 2.45. The van der Waals surface area contributed by atoms with Crippen molar-refractivity contribution in [2.24, 2.45) is 5.41 Å². The largest absolute Gasteiger partial charge is 0.406 e. The van der Waals surface area contributed by atoms with Gasteiger partial charge in [-0.2, -0.15) is 13.2 Å². The average molecular weight is 233 g/mol. The maximum atomic E-state index is 13.0. The quantitative estimate of drug-likeness (QED) is 0.639. The molecule has 2 rings (SSSR count).